The van der Waals surface area contributed by atoms with Gasteiger partial charge in [-0.15, -0.1) is 11.3 Å². The van der Waals surface area contributed by atoms with Crippen LogP contribution in [0, 0.1) is 6.92 Å². The second-order valence-corrected chi connectivity index (χ2v) is 8.74. The molecule has 1 heterocycles. The molecule has 4 rings (SSSR count). The number of carboxylic acid groups (broad SMARTS) is 1. The van der Waals surface area contributed by atoms with Crippen LogP contribution in [0.2, 0.25) is 0 Å². The normalized spacial score (nSPS) is 15.0. The molecule has 0 amide bonds. The van der Waals surface area contributed by atoms with Crippen molar-refractivity contribution >= 4 is 27.4 Å². The second-order valence-electron chi connectivity index (χ2n) is 7.69. The number of fused-ring (bicyclic) bond motifs is 1. The maximum Gasteiger partial charge on any atom is 0.349 e. The zero-order valence-corrected chi connectivity index (χ0v) is 18.1. The molecule has 3 aromatic rings. The maximum absolute atomic E-state index is 11.8. The molecule has 30 heavy (non-hydrogen) atoms. The number of aryl methyl sites for hydroxylation is 1. The third-order valence-electron chi connectivity index (χ3n) is 5.50. The van der Waals surface area contributed by atoms with Gasteiger partial charge in [0.2, 0.25) is 0 Å². The Bertz CT molecular complexity index is 1030. The van der Waals surface area contributed by atoms with Gasteiger partial charge in [0.1, 0.15) is 17.2 Å². The minimum atomic E-state index is -1.00. The van der Waals surface area contributed by atoms with Crippen LogP contribution in [0.1, 0.15) is 53.8 Å². The van der Waals surface area contributed by atoms with Crippen LogP contribution in [0.4, 0.5) is 0 Å². The summed E-state index contributed by atoms with van der Waals surface area (Å²) in [5, 5.41) is 10.4. The zero-order chi connectivity index (χ0) is 21.1. The van der Waals surface area contributed by atoms with Crippen LogP contribution >= 0.6 is 11.3 Å². The molecule has 2 aromatic carbocycles. The zero-order valence-electron chi connectivity index (χ0n) is 17.3. The van der Waals surface area contributed by atoms with Crippen molar-refractivity contribution < 1.29 is 24.1 Å². The highest BCUT2D eigenvalue weighted by Crippen LogP contribution is 2.43. The molecule has 1 aromatic heterocycles. The van der Waals surface area contributed by atoms with E-state index in [1.165, 1.54) is 37.0 Å². The van der Waals surface area contributed by atoms with Gasteiger partial charge in [0.15, 0.2) is 10.6 Å². The predicted molar refractivity (Wildman–Crippen MR) is 119 cm³/mol. The monoisotopic (exact) mass is 426 g/mol. The molecule has 0 saturated heterocycles. The number of hydrogen-bond donors (Lipinski definition) is 1. The fourth-order valence-electron chi connectivity index (χ4n) is 3.92. The Morgan fingerprint density at radius 2 is 1.70 bits per heavy atom. The Morgan fingerprint density at radius 3 is 2.33 bits per heavy atom. The van der Waals surface area contributed by atoms with Gasteiger partial charge in [-0.1, -0.05) is 12.8 Å². The van der Waals surface area contributed by atoms with Gasteiger partial charge in [-0.2, -0.15) is 0 Å². The quantitative estimate of drug-likeness (QED) is 0.439. The summed E-state index contributed by atoms with van der Waals surface area (Å²) in [6, 6.07) is 11.2. The molecule has 158 valence electrons. The number of ether oxygens (including phenoxy) is 3. The average Bonchev–Trinajstić information content (AvgIpc) is 2.89. The Hall–Kier alpha value is -2.73. The van der Waals surface area contributed by atoms with E-state index in [0.29, 0.717) is 17.2 Å². The van der Waals surface area contributed by atoms with E-state index in [1.54, 1.807) is 7.11 Å². The van der Waals surface area contributed by atoms with Crippen molar-refractivity contribution in [1.82, 2.24) is 0 Å². The number of methoxy groups -OCH3 is 1. The molecule has 1 aliphatic carbocycles. The number of aromatic carboxylic acids is 1. The molecule has 1 N–H and O–H groups in total. The number of benzene rings is 2. The van der Waals surface area contributed by atoms with Crippen molar-refractivity contribution in [2.75, 3.05) is 7.11 Å². The molecule has 1 aliphatic rings. The first-order valence-electron chi connectivity index (χ1n) is 10.3. The number of hydrogen-bond acceptors (Lipinski definition) is 5. The molecular formula is C24H26O5S. The summed E-state index contributed by atoms with van der Waals surface area (Å²) in [5.74, 6) is 1.44. The molecule has 0 bridgehead atoms. The molecule has 0 atom stereocenters. The fourth-order valence-corrected chi connectivity index (χ4v) is 4.97. The number of rotatable bonds is 6. The Morgan fingerprint density at radius 1 is 1.03 bits per heavy atom. The fraction of sp³-hybridized carbons (Fsp3) is 0.375. The summed E-state index contributed by atoms with van der Waals surface area (Å²) >= 11 is 1.21. The van der Waals surface area contributed by atoms with Crippen LogP contribution in [0.3, 0.4) is 0 Å². The van der Waals surface area contributed by atoms with Crippen LogP contribution < -0.4 is 14.2 Å². The van der Waals surface area contributed by atoms with Gasteiger partial charge < -0.3 is 19.3 Å². The summed E-state index contributed by atoms with van der Waals surface area (Å²) in [6.07, 6.45) is 7.49. The summed E-state index contributed by atoms with van der Waals surface area (Å²) < 4.78 is 18.4. The van der Waals surface area contributed by atoms with Crippen molar-refractivity contribution in [3.8, 4) is 23.0 Å². The van der Waals surface area contributed by atoms with Gasteiger partial charge in [0, 0.05) is 10.1 Å². The summed E-state index contributed by atoms with van der Waals surface area (Å²) in [4.78, 5) is 12.0. The number of carbonyl (C=O) groups is 1. The minimum absolute atomic E-state index is 0.177. The molecule has 0 spiro atoms. The van der Waals surface area contributed by atoms with E-state index < -0.39 is 5.97 Å². The lowest BCUT2D eigenvalue weighted by molar-refractivity contribution is 0.0700. The molecule has 0 radical (unpaired) electrons. The molecular weight excluding hydrogens is 400 g/mol. The largest absolute Gasteiger partial charge is 0.496 e. The van der Waals surface area contributed by atoms with Crippen LogP contribution in [0.5, 0.6) is 23.0 Å². The maximum atomic E-state index is 11.8. The van der Waals surface area contributed by atoms with Crippen molar-refractivity contribution in [3.63, 3.8) is 0 Å². The Labute approximate surface area is 180 Å². The Kier molecular flexibility index (Phi) is 6.13. The molecule has 0 unspecified atom stereocenters. The smallest absolute Gasteiger partial charge is 0.349 e. The van der Waals surface area contributed by atoms with Crippen molar-refractivity contribution in [3.05, 3.63) is 46.8 Å². The first-order valence-corrected chi connectivity index (χ1v) is 11.2. The standard InChI is InChI=1S/C24H26O5S/c1-15-13-21-19(14-20(15)27-2)22(23(30-21)24(25)26)29-18-11-9-17(10-12-18)28-16-7-5-3-4-6-8-16/h9-14,16H,3-8H2,1-2H3,(H,25,26). The topological polar surface area (TPSA) is 65.0 Å². The minimum Gasteiger partial charge on any atom is -0.496 e. The van der Waals surface area contributed by atoms with Crippen LogP contribution in [-0.4, -0.2) is 24.3 Å². The van der Waals surface area contributed by atoms with Crippen molar-refractivity contribution in [2.45, 2.75) is 51.6 Å². The predicted octanol–water partition coefficient (Wildman–Crippen LogP) is 6.81. The van der Waals surface area contributed by atoms with E-state index in [2.05, 4.69) is 0 Å². The number of thiophene rings is 1. The lowest BCUT2D eigenvalue weighted by atomic mass is 10.1. The Balaban J connectivity index is 1.58. The van der Waals surface area contributed by atoms with Crippen LogP contribution in [-0.2, 0) is 0 Å². The summed E-state index contributed by atoms with van der Waals surface area (Å²) in [6.45, 7) is 1.94. The molecule has 1 fully saturated rings. The first kappa shape index (κ1) is 20.5. The molecule has 5 nitrogen and oxygen atoms in total. The highest BCUT2D eigenvalue weighted by Gasteiger charge is 2.21. The van der Waals surface area contributed by atoms with E-state index >= 15 is 0 Å². The summed E-state index contributed by atoms with van der Waals surface area (Å²) in [7, 11) is 1.60. The third-order valence-corrected chi connectivity index (χ3v) is 6.62. The van der Waals surface area contributed by atoms with Gasteiger partial charge >= 0.3 is 5.97 Å². The van der Waals surface area contributed by atoms with Crippen molar-refractivity contribution in [1.29, 1.82) is 0 Å². The lowest BCUT2D eigenvalue weighted by Crippen LogP contribution is -2.14. The van der Waals surface area contributed by atoms with Gasteiger partial charge in [-0.3, -0.25) is 0 Å². The lowest BCUT2D eigenvalue weighted by Gasteiger charge is -2.17. The first-order chi connectivity index (χ1) is 14.5. The van der Waals surface area contributed by atoms with Gasteiger partial charge in [0.05, 0.1) is 13.2 Å². The SMILES string of the molecule is COc1cc2c(Oc3ccc(OC4CCCCCC4)cc3)c(C(=O)O)sc2cc1C. The average molecular weight is 427 g/mol. The van der Waals surface area contributed by atoms with Gasteiger partial charge in [0.25, 0.3) is 0 Å². The van der Waals surface area contributed by atoms with Gasteiger partial charge in [-0.25, -0.2) is 4.79 Å². The highest BCUT2D eigenvalue weighted by molar-refractivity contribution is 7.21. The third kappa shape index (κ3) is 4.38. The summed E-state index contributed by atoms with van der Waals surface area (Å²) in [5.41, 5.74) is 0.953. The highest BCUT2D eigenvalue weighted by atomic mass is 32.1. The number of carboxylic acids is 1. The van der Waals surface area contributed by atoms with E-state index in [0.717, 1.165) is 34.2 Å². The van der Waals surface area contributed by atoms with Gasteiger partial charge in [-0.05, 0) is 74.6 Å². The molecule has 0 aliphatic heterocycles. The second kappa shape index (κ2) is 8.96. The van der Waals surface area contributed by atoms with E-state index in [-0.39, 0.29) is 11.0 Å². The molecule has 6 heteroatoms. The van der Waals surface area contributed by atoms with E-state index in [4.69, 9.17) is 14.2 Å². The molecule has 1 saturated carbocycles. The van der Waals surface area contributed by atoms with Crippen LogP contribution in [0.15, 0.2) is 36.4 Å². The van der Waals surface area contributed by atoms with Crippen molar-refractivity contribution in [2.24, 2.45) is 0 Å². The van der Waals surface area contributed by atoms with Crippen LogP contribution in [0.25, 0.3) is 10.1 Å². The van der Waals surface area contributed by atoms with E-state index in [1.807, 2.05) is 43.3 Å². The van der Waals surface area contributed by atoms with E-state index in [9.17, 15) is 9.90 Å².